The second-order valence-electron chi connectivity index (χ2n) is 7.81. The molecule has 2 heterocycles. The van der Waals surface area contributed by atoms with Crippen LogP contribution < -0.4 is 11.2 Å². The van der Waals surface area contributed by atoms with Gasteiger partial charge in [-0.25, -0.2) is 4.79 Å². The SMILES string of the molecule is CC[Si](C#C[C@]1(COC(C)=O)O[C@@H](n2cc(F)c(=O)[nH]c2=O)C[C@H]1OC(C)=O)(CC)CC. The molecule has 0 amide bonds. The lowest BCUT2D eigenvalue weighted by molar-refractivity contribution is -0.164. The number of carbonyl (C=O) groups is 2. The van der Waals surface area contributed by atoms with Crippen LogP contribution in [0.5, 0.6) is 0 Å². The van der Waals surface area contributed by atoms with Crippen molar-refractivity contribution >= 4 is 20.0 Å². The summed E-state index contributed by atoms with van der Waals surface area (Å²) in [6.45, 7) is 8.29. The van der Waals surface area contributed by atoms with Crippen LogP contribution in [-0.2, 0) is 23.8 Å². The molecule has 3 atom stereocenters. The fraction of sp³-hybridized carbons (Fsp3) is 0.619. The molecule has 1 saturated heterocycles. The van der Waals surface area contributed by atoms with Crippen molar-refractivity contribution in [2.75, 3.05) is 6.61 Å². The number of hydrogen-bond donors (Lipinski definition) is 1. The summed E-state index contributed by atoms with van der Waals surface area (Å²) < 4.78 is 31.5. The monoisotopic (exact) mass is 468 g/mol. The van der Waals surface area contributed by atoms with Gasteiger partial charge in [0.15, 0.2) is 0 Å². The molecule has 9 nitrogen and oxygen atoms in total. The van der Waals surface area contributed by atoms with Crippen LogP contribution in [0.15, 0.2) is 15.8 Å². The molecule has 1 aromatic heterocycles. The highest BCUT2D eigenvalue weighted by Crippen LogP contribution is 2.39. The van der Waals surface area contributed by atoms with Crippen LogP contribution in [-0.4, -0.2) is 47.9 Å². The lowest BCUT2D eigenvalue weighted by Gasteiger charge is -2.29. The van der Waals surface area contributed by atoms with Crippen molar-refractivity contribution in [3.8, 4) is 11.5 Å². The first kappa shape index (κ1) is 25.5. The van der Waals surface area contributed by atoms with E-state index in [1.165, 1.54) is 13.8 Å². The number of H-pyrrole nitrogens is 1. The van der Waals surface area contributed by atoms with Crippen LogP contribution in [0.2, 0.25) is 18.1 Å². The number of nitrogens with one attached hydrogen (secondary N) is 1. The number of halogens is 1. The van der Waals surface area contributed by atoms with Crippen molar-refractivity contribution in [2.45, 2.75) is 77.1 Å². The van der Waals surface area contributed by atoms with Crippen LogP contribution in [0.3, 0.4) is 0 Å². The van der Waals surface area contributed by atoms with Crippen LogP contribution in [0.4, 0.5) is 4.39 Å². The van der Waals surface area contributed by atoms with E-state index in [-0.39, 0.29) is 13.0 Å². The first-order chi connectivity index (χ1) is 15.0. The second-order valence-corrected chi connectivity index (χ2v) is 12.7. The predicted octanol–water partition coefficient (Wildman–Crippen LogP) is 1.88. The van der Waals surface area contributed by atoms with Gasteiger partial charge < -0.3 is 14.2 Å². The summed E-state index contributed by atoms with van der Waals surface area (Å²) in [5.41, 5.74) is -0.235. The molecule has 1 N–H and O–H groups in total. The third kappa shape index (κ3) is 5.55. The van der Waals surface area contributed by atoms with E-state index in [2.05, 4.69) is 32.2 Å². The number of hydrogen-bond acceptors (Lipinski definition) is 7. The van der Waals surface area contributed by atoms with Gasteiger partial charge in [0.25, 0.3) is 5.56 Å². The molecule has 0 bridgehead atoms. The van der Waals surface area contributed by atoms with E-state index in [9.17, 15) is 23.6 Å². The predicted molar refractivity (Wildman–Crippen MR) is 116 cm³/mol. The zero-order valence-corrected chi connectivity index (χ0v) is 20.0. The molecule has 0 aromatic carbocycles. The molecule has 11 heteroatoms. The molecule has 176 valence electrons. The van der Waals surface area contributed by atoms with Gasteiger partial charge in [-0.15, -0.1) is 5.54 Å². The molecule has 0 radical (unpaired) electrons. The first-order valence-electron chi connectivity index (χ1n) is 10.5. The van der Waals surface area contributed by atoms with E-state index in [1.807, 2.05) is 4.98 Å². The van der Waals surface area contributed by atoms with Crippen LogP contribution in [0.25, 0.3) is 0 Å². The van der Waals surface area contributed by atoms with Gasteiger partial charge in [0.1, 0.15) is 27.0 Å². The maximum Gasteiger partial charge on any atom is 0.330 e. The van der Waals surface area contributed by atoms with E-state index in [4.69, 9.17) is 14.2 Å². The molecule has 1 aromatic rings. The minimum Gasteiger partial charge on any atom is -0.462 e. The van der Waals surface area contributed by atoms with Crippen LogP contribution >= 0.6 is 0 Å². The summed E-state index contributed by atoms with van der Waals surface area (Å²) in [5, 5.41) is 0. The Morgan fingerprint density at radius 3 is 2.41 bits per heavy atom. The average Bonchev–Trinajstić information content (AvgIpc) is 3.08. The quantitative estimate of drug-likeness (QED) is 0.369. The number of aromatic nitrogens is 2. The number of nitrogens with zero attached hydrogens (tertiary/aromatic N) is 1. The Morgan fingerprint density at radius 2 is 1.88 bits per heavy atom. The van der Waals surface area contributed by atoms with Gasteiger partial charge in [0.05, 0.1) is 6.20 Å². The van der Waals surface area contributed by atoms with E-state index < -0.39 is 55.0 Å². The van der Waals surface area contributed by atoms with Crippen molar-refractivity contribution in [3.63, 3.8) is 0 Å². The molecule has 32 heavy (non-hydrogen) atoms. The molecular weight excluding hydrogens is 439 g/mol. The zero-order chi connectivity index (χ0) is 24.1. The Hall–Kier alpha value is -2.71. The number of ether oxygens (including phenoxy) is 3. The molecule has 2 rings (SSSR count). The first-order valence-corrected chi connectivity index (χ1v) is 13.2. The molecule has 1 aliphatic rings. The Labute approximate surface area is 186 Å². The van der Waals surface area contributed by atoms with Gasteiger partial charge in [0.2, 0.25) is 11.4 Å². The topological polar surface area (TPSA) is 117 Å². The lowest BCUT2D eigenvalue weighted by atomic mass is 9.98. The summed E-state index contributed by atoms with van der Waals surface area (Å²) in [7, 11) is -1.98. The van der Waals surface area contributed by atoms with Crippen LogP contribution in [0.1, 0.15) is 47.3 Å². The van der Waals surface area contributed by atoms with Crippen molar-refractivity contribution in [1.82, 2.24) is 9.55 Å². The maximum absolute atomic E-state index is 13.9. The van der Waals surface area contributed by atoms with Crippen LogP contribution in [0, 0.1) is 17.3 Å². The summed E-state index contributed by atoms with van der Waals surface area (Å²) >= 11 is 0. The third-order valence-electron chi connectivity index (χ3n) is 5.88. The summed E-state index contributed by atoms with van der Waals surface area (Å²) in [5.74, 6) is 0.729. The summed E-state index contributed by atoms with van der Waals surface area (Å²) in [6.07, 6.45) is -1.42. The largest absolute Gasteiger partial charge is 0.462 e. The van der Waals surface area contributed by atoms with Gasteiger partial charge in [-0.3, -0.25) is 23.9 Å². The average molecular weight is 469 g/mol. The molecule has 1 aliphatic heterocycles. The van der Waals surface area contributed by atoms with Crippen molar-refractivity contribution in [2.24, 2.45) is 0 Å². The van der Waals surface area contributed by atoms with E-state index >= 15 is 0 Å². The molecule has 0 spiro atoms. The summed E-state index contributed by atoms with van der Waals surface area (Å²) in [4.78, 5) is 48.9. The van der Waals surface area contributed by atoms with Gasteiger partial charge in [-0.2, -0.15) is 4.39 Å². The van der Waals surface area contributed by atoms with E-state index in [1.54, 1.807) is 0 Å². The second kappa shape index (κ2) is 10.3. The van der Waals surface area contributed by atoms with Crippen molar-refractivity contribution < 1.29 is 28.2 Å². The number of aromatic amines is 1. The minimum absolute atomic E-state index is 0.0557. The standard InChI is InChI=1S/C21H29FN2O7Si/c1-6-32(7-2,8-3)10-9-21(13-29-14(4)25)17(30-15(5)26)11-18(31-21)24-12-16(22)19(27)23-20(24)28/h12,17-18H,6-8,11,13H2,1-5H3,(H,23,27,28)/t17-,18-,21-/m1/s1. The van der Waals surface area contributed by atoms with E-state index in [0.29, 0.717) is 0 Å². The normalized spacial score (nSPS) is 22.7. The minimum atomic E-state index is -1.98. The Kier molecular flexibility index (Phi) is 8.20. The highest BCUT2D eigenvalue weighted by Gasteiger charge is 2.52. The van der Waals surface area contributed by atoms with E-state index in [0.717, 1.165) is 28.9 Å². The smallest absolute Gasteiger partial charge is 0.330 e. The lowest BCUT2D eigenvalue weighted by Crippen LogP contribution is -2.46. The Bertz CT molecular complexity index is 1030. The van der Waals surface area contributed by atoms with Crippen molar-refractivity contribution in [1.29, 1.82) is 0 Å². The summed E-state index contributed by atoms with van der Waals surface area (Å²) in [6, 6.07) is 2.68. The van der Waals surface area contributed by atoms with Gasteiger partial charge in [0, 0.05) is 20.3 Å². The zero-order valence-electron chi connectivity index (χ0n) is 19.0. The Balaban J connectivity index is 2.61. The van der Waals surface area contributed by atoms with Crippen molar-refractivity contribution in [3.05, 3.63) is 32.9 Å². The fourth-order valence-electron chi connectivity index (χ4n) is 3.66. The molecule has 1 fully saturated rings. The molecule has 0 unspecified atom stereocenters. The highest BCUT2D eigenvalue weighted by molar-refractivity contribution is 6.87. The molecule has 0 aliphatic carbocycles. The number of esters is 2. The van der Waals surface area contributed by atoms with Gasteiger partial charge >= 0.3 is 17.6 Å². The number of carbonyl (C=O) groups excluding carboxylic acids is 2. The molecular formula is C21H29FN2O7Si. The Morgan fingerprint density at radius 1 is 1.25 bits per heavy atom. The molecule has 0 saturated carbocycles. The number of rotatable bonds is 7. The van der Waals surface area contributed by atoms with Gasteiger partial charge in [-0.05, 0) is 18.1 Å². The highest BCUT2D eigenvalue weighted by atomic mass is 28.3. The van der Waals surface area contributed by atoms with Gasteiger partial charge in [-0.1, -0.05) is 26.7 Å². The fourth-order valence-corrected chi connectivity index (χ4v) is 6.17. The maximum atomic E-state index is 13.9. The third-order valence-corrected chi connectivity index (χ3v) is 10.6.